The average Bonchev–Trinajstić information content (AvgIpc) is 3.25. The Morgan fingerprint density at radius 2 is 2.00 bits per heavy atom. The summed E-state index contributed by atoms with van der Waals surface area (Å²) in [5.41, 5.74) is 0.774. The first-order valence-electron chi connectivity index (χ1n) is 10.1. The van der Waals surface area contributed by atoms with E-state index in [0.717, 1.165) is 11.8 Å². The van der Waals surface area contributed by atoms with Crippen molar-refractivity contribution in [3.63, 3.8) is 0 Å². The van der Waals surface area contributed by atoms with Gasteiger partial charge < -0.3 is 19.5 Å². The molecule has 1 aromatic heterocycles. The molecule has 3 amide bonds. The lowest BCUT2D eigenvalue weighted by Gasteiger charge is -2.18. The second-order valence-electron chi connectivity index (χ2n) is 7.25. The molecule has 0 fully saturated rings. The number of anilines is 1. The van der Waals surface area contributed by atoms with Gasteiger partial charge in [0.05, 0.1) is 29.3 Å². The zero-order valence-corrected chi connectivity index (χ0v) is 18.8. The molecule has 3 aromatic rings. The predicted octanol–water partition coefficient (Wildman–Crippen LogP) is 2.77. The Morgan fingerprint density at radius 3 is 2.82 bits per heavy atom. The van der Waals surface area contributed by atoms with E-state index in [1.165, 1.54) is 4.57 Å². The van der Waals surface area contributed by atoms with Crippen LogP contribution in [0.15, 0.2) is 52.4 Å². The second kappa shape index (κ2) is 9.92. The van der Waals surface area contributed by atoms with Crippen LogP contribution < -0.4 is 25.7 Å². The van der Waals surface area contributed by atoms with Gasteiger partial charge in [-0.25, -0.2) is 9.78 Å². The lowest BCUT2D eigenvalue weighted by molar-refractivity contribution is -0.117. The van der Waals surface area contributed by atoms with E-state index < -0.39 is 11.9 Å². The Bertz CT molecular complexity index is 1260. The Labute approximate surface area is 193 Å². The highest BCUT2D eigenvalue weighted by Crippen LogP contribution is 2.34. The summed E-state index contributed by atoms with van der Waals surface area (Å²) in [6.45, 7) is 2.26. The molecule has 11 heteroatoms. The number of carbonyl (C=O) groups excluding carboxylic acids is 2. The van der Waals surface area contributed by atoms with E-state index in [1.54, 1.807) is 49.6 Å². The van der Waals surface area contributed by atoms with E-state index in [0.29, 0.717) is 39.9 Å². The van der Waals surface area contributed by atoms with Crippen LogP contribution in [0.5, 0.6) is 11.5 Å². The molecule has 33 heavy (non-hydrogen) atoms. The van der Waals surface area contributed by atoms with E-state index in [9.17, 15) is 14.4 Å². The van der Waals surface area contributed by atoms with Gasteiger partial charge in [0.15, 0.2) is 16.7 Å². The maximum absolute atomic E-state index is 13.0. The Kier molecular flexibility index (Phi) is 6.80. The summed E-state index contributed by atoms with van der Waals surface area (Å²) < 4.78 is 17.2. The zero-order chi connectivity index (χ0) is 23.4. The smallest absolute Gasteiger partial charge is 0.325 e. The molecule has 4 rings (SSSR count). The van der Waals surface area contributed by atoms with Crippen LogP contribution in [0.25, 0.3) is 10.9 Å². The molecule has 0 aliphatic carbocycles. The minimum atomic E-state index is -0.684. The van der Waals surface area contributed by atoms with Crippen LogP contribution in [-0.2, 0) is 9.53 Å². The third-order valence-electron chi connectivity index (χ3n) is 4.84. The number of ether oxygens (including phenoxy) is 3. The molecule has 2 aromatic carbocycles. The second-order valence-corrected chi connectivity index (χ2v) is 8.19. The topological polar surface area (TPSA) is 121 Å². The number of amides is 3. The summed E-state index contributed by atoms with van der Waals surface area (Å²) in [4.78, 5) is 42.2. The van der Waals surface area contributed by atoms with Crippen molar-refractivity contribution in [3.8, 4) is 11.5 Å². The first kappa shape index (κ1) is 22.6. The lowest BCUT2D eigenvalue weighted by Crippen LogP contribution is -2.36. The molecule has 1 aliphatic rings. The van der Waals surface area contributed by atoms with Gasteiger partial charge in [0, 0.05) is 18.9 Å². The standard InChI is InChI=1S/C22H22N4O6S/c1-13(10-30-2)26-20(28)15-5-3-4-6-16(15)24-22(26)33-11-19(27)25-21(29)23-14-7-8-17-18(9-14)32-12-31-17/h3-9,13H,10-12H2,1-2H3,(H2,23,25,27,29). The van der Waals surface area contributed by atoms with E-state index >= 15 is 0 Å². The van der Waals surface area contributed by atoms with Gasteiger partial charge in [-0.3, -0.25) is 19.5 Å². The highest BCUT2D eigenvalue weighted by atomic mass is 32.2. The molecule has 0 saturated carbocycles. The first-order valence-corrected chi connectivity index (χ1v) is 11.1. The van der Waals surface area contributed by atoms with Crippen LogP contribution in [0, 0.1) is 0 Å². The fourth-order valence-electron chi connectivity index (χ4n) is 3.36. The molecule has 2 heterocycles. The monoisotopic (exact) mass is 470 g/mol. The highest BCUT2D eigenvalue weighted by molar-refractivity contribution is 7.99. The van der Waals surface area contributed by atoms with Gasteiger partial charge in [-0.2, -0.15) is 0 Å². The third kappa shape index (κ3) is 5.10. The molecule has 1 atom stereocenters. The van der Waals surface area contributed by atoms with E-state index in [2.05, 4.69) is 15.6 Å². The Balaban J connectivity index is 1.44. The maximum Gasteiger partial charge on any atom is 0.325 e. The number of thioether (sulfide) groups is 1. The number of methoxy groups -OCH3 is 1. The normalized spacial score (nSPS) is 13.0. The van der Waals surface area contributed by atoms with Crippen LogP contribution in [0.3, 0.4) is 0 Å². The Hall–Kier alpha value is -3.57. The molecule has 1 unspecified atom stereocenters. The van der Waals surface area contributed by atoms with E-state index in [1.807, 2.05) is 6.92 Å². The van der Waals surface area contributed by atoms with Gasteiger partial charge >= 0.3 is 6.03 Å². The van der Waals surface area contributed by atoms with Crippen molar-refractivity contribution in [1.29, 1.82) is 0 Å². The van der Waals surface area contributed by atoms with Gasteiger partial charge in [0.1, 0.15) is 0 Å². The molecule has 0 radical (unpaired) electrons. The van der Waals surface area contributed by atoms with Crippen LogP contribution in [0.2, 0.25) is 0 Å². The molecular formula is C22H22N4O6S. The largest absolute Gasteiger partial charge is 0.454 e. The highest BCUT2D eigenvalue weighted by Gasteiger charge is 2.19. The molecule has 172 valence electrons. The molecule has 1 aliphatic heterocycles. The molecule has 0 bridgehead atoms. The van der Waals surface area contributed by atoms with Crippen LogP contribution in [0.4, 0.5) is 10.5 Å². The van der Waals surface area contributed by atoms with Crippen LogP contribution in [-0.4, -0.2) is 47.8 Å². The quantitative estimate of drug-likeness (QED) is 0.399. The van der Waals surface area contributed by atoms with Crippen molar-refractivity contribution in [3.05, 3.63) is 52.8 Å². The number of fused-ring (bicyclic) bond motifs is 2. The van der Waals surface area contributed by atoms with Crippen molar-refractivity contribution < 1.29 is 23.8 Å². The molecule has 10 nitrogen and oxygen atoms in total. The van der Waals surface area contributed by atoms with Crippen LogP contribution in [0.1, 0.15) is 13.0 Å². The molecule has 2 N–H and O–H groups in total. The minimum Gasteiger partial charge on any atom is -0.454 e. The zero-order valence-electron chi connectivity index (χ0n) is 18.0. The third-order valence-corrected chi connectivity index (χ3v) is 5.79. The number of nitrogens with one attached hydrogen (secondary N) is 2. The summed E-state index contributed by atoms with van der Waals surface area (Å²) in [7, 11) is 1.55. The number of para-hydroxylation sites is 1. The predicted molar refractivity (Wildman–Crippen MR) is 123 cm³/mol. The summed E-state index contributed by atoms with van der Waals surface area (Å²) in [6, 6.07) is 11.0. The number of benzene rings is 2. The number of imide groups is 1. The van der Waals surface area contributed by atoms with Crippen LogP contribution >= 0.6 is 11.8 Å². The summed E-state index contributed by atoms with van der Waals surface area (Å²) in [6.07, 6.45) is 0. The van der Waals surface area contributed by atoms with E-state index in [-0.39, 0.29) is 24.1 Å². The maximum atomic E-state index is 13.0. The molecule has 0 saturated heterocycles. The summed E-state index contributed by atoms with van der Waals surface area (Å²) >= 11 is 1.07. The van der Waals surface area contributed by atoms with Gasteiger partial charge in [-0.05, 0) is 31.2 Å². The summed E-state index contributed by atoms with van der Waals surface area (Å²) in [5.74, 6) is 0.454. The number of nitrogens with zero attached hydrogens (tertiary/aromatic N) is 2. The summed E-state index contributed by atoms with van der Waals surface area (Å²) in [5, 5.41) is 5.70. The Morgan fingerprint density at radius 1 is 1.21 bits per heavy atom. The van der Waals surface area contributed by atoms with Gasteiger partial charge in [0.25, 0.3) is 5.56 Å². The van der Waals surface area contributed by atoms with Crippen molar-refractivity contribution in [2.75, 3.05) is 31.6 Å². The molecular weight excluding hydrogens is 448 g/mol. The lowest BCUT2D eigenvalue weighted by atomic mass is 10.2. The van der Waals surface area contributed by atoms with Crippen molar-refractivity contribution in [1.82, 2.24) is 14.9 Å². The fraction of sp³-hybridized carbons (Fsp3) is 0.273. The number of aromatic nitrogens is 2. The number of rotatable bonds is 7. The van der Waals surface area contributed by atoms with E-state index in [4.69, 9.17) is 14.2 Å². The minimum absolute atomic E-state index is 0.112. The fourth-order valence-corrected chi connectivity index (χ4v) is 4.26. The van der Waals surface area contributed by atoms with Crippen molar-refractivity contribution in [2.24, 2.45) is 0 Å². The number of hydrogen-bond acceptors (Lipinski definition) is 8. The number of carbonyl (C=O) groups is 2. The SMILES string of the molecule is COCC(C)n1c(SCC(=O)NC(=O)Nc2ccc3c(c2)OCO3)nc2ccccc2c1=O. The van der Waals surface area contributed by atoms with Gasteiger partial charge in [-0.1, -0.05) is 23.9 Å². The van der Waals surface area contributed by atoms with Crippen molar-refractivity contribution in [2.45, 2.75) is 18.1 Å². The average molecular weight is 471 g/mol. The van der Waals surface area contributed by atoms with Gasteiger partial charge in [-0.15, -0.1) is 0 Å². The van der Waals surface area contributed by atoms with Crippen molar-refractivity contribution >= 4 is 40.3 Å². The van der Waals surface area contributed by atoms with Gasteiger partial charge in [0.2, 0.25) is 12.7 Å². The first-order chi connectivity index (χ1) is 16.0. The number of urea groups is 1. The number of hydrogen-bond donors (Lipinski definition) is 2. The molecule has 0 spiro atoms.